The monoisotopic (exact) mass is 184 g/mol. The summed E-state index contributed by atoms with van der Waals surface area (Å²) in [6.45, 7) is 2.44. The van der Waals surface area contributed by atoms with Gasteiger partial charge in [0, 0.05) is 0 Å². The van der Waals surface area contributed by atoms with Gasteiger partial charge in [0.05, 0.1) is 0 Å². The highest BCUT2D eigenvalue weighted by Gasteiger charge is 2.48. The number of ether oxygens (including phenoxy) is 1. The third-order valence-electron chi connectivity index (χ3n) is 1.32. The lowest BCUT2D eigenvalue weighted by Gasteiger charge is -2.27. The molecule has 5 heteroatoms. The molecule has 0 aliphatic carbocycles. The maximum atomic E-state index is 12.0. The Labute approximate surface area is 68.7 Å². The van der Waals surface area contributed by atoms with Crippen molar-refractivity contribution >= 4 is 5.78 Å². The molecule has 0 rings (SSSR count). The zero-order valence-corrected chi connectivity index (χ0v) is 7.16. The van der Waals surface area contributed by atoms with Crippen LogP contribution in [0, 0.1) is 0 Å². The Morgan fingerprint density at radius 1 is 1.33 bits per heavy atom. The Bertz CT molecular complexity index is 172. The molecule has 0 spiro atoms. The summed E-state index contributed by atoms with van der Waals surface area (Å²) in [6, 6.07) is 0. The molecule has 0 aliphatic heterocycles. The molecule has 2 nitrogen and oxygen atoms in total. The standard InChI is InChI=1S/C7H11F3O2/c1-5(11)4-12-6(2,3)7(8,9)10/h4H2,1-3H3. The van der Waals surface area contributed by atoms with Gasteiger partial charge in [-0.1, -0.05) is 0 Å². The molecule has 12 heavy (non-hydrogen) atoms. The quantitative estimate of drug-likeness (QED) is 0.669. The SMILES string of the molecule is CC(=O)COC(C)(C)C(F)(F)F. The van der Waals surface area contributed by atoms with Gasteiger partial charge in [-0.2, -0.15) is 13.2 Å². The van der Waals surface area contributed by atoms with Gasteiger partial charge in [0.15, 0.2) is 11.4 Å². The molecular formula is C7H11F3O2. The molecule has 0 atom stereocenters. The number of carbonyl (C=O) groups excluding carboxylic acids is 1. The van der Waals surface area contributed by atoms with E-state index in [1.54, 1.807) is 0 Å². The van der Waals surface area contributed by atoms with Crippen molar-refractivity contribution in [1.82, 2.24) is 0 Å². The van der Waals surface area contributed by atoms with E-state index in [2.05, 4.69) is 4.74 Å². The third-order valence-corrected chi connectivity index (χ3v) is 1.32. The Morgan fingerprint density at radius 2 is 1.75 bits per heavy atom. The van der Waals surface area contributed by atoms with Crippen LogP contribution in [0.15, 0.2) is 0 Å². The number of halogens is 3. The van der Waals surface area contributed by atoms with Gasteiger partial charge in [-0.25, -0.2) is 0 Å². The maximum absolute atomic E-state index is 12.0. The van der Waals surface area contributed by atoms with Crippen molar-refractivity contribution in [3.8, 4) is 0 Å². The minimum absolute atomic E-state index is 0.424. The molecule has 0 N–H and O–H groups in total. The summed E-state index contributed by atoms with van der Waals surface area (Å²) in [7, 11) is 0. The minimum Gasteiger partial charge on any atom is -0.358 e. The first kappa shape index (κ1) is 11.4. The second-order valence-electron chi connectivity index (χ2n) is 3.00. The molecule has 0 amide bonds. The first-order chi connectivity index (χ1) is 5.17. The van der Waals surface area contributed by atoms with Crippen LogP contribution >= 0.6 is 0 Å². The van der Waals surface area contributed by atoms with E-state index in [9.17, 15) is 18.0 Å². The maximum Gasteiger partial charge on any atom is 0.416 e. The van der Waals surface area contributed by atoms with Crippen molar-refractivity contribution in [3.63, 3.8) is 0 Å². The predicted molar refractivity (Wildman–Crippen MR) is 36.8 cm³/mol. The van der Waals surface area contributed by atoms with Gasteiger partial charge in [-0.3, -0.25) is 4.79 Å². The van der Waals surface area contributed by atoms with E-state index >= 15 is 0 Å². The first-order valence-corrected chi connectivity index (χ1v) is 3.37. The fourth-order valence-electron chi connectivity index (χ4n) is 0.364. The van der Waals surface area contributed by atoms with Crippen LogP contribution in [0.25, 0.3) is 0 Å². The highest BCUT2D eigenvalue weighted by atomic mass is 19.4. The fourth-order valence-corrected chi connectivity index (χ4v) is 0.364. The Hall–Kier alpha value is -0.580. The Kier molecular flexibility index (Phi) is 3.26. The summed E-state index contributed by atoms with van der Waals surface area (Å²) in [6.07, 6.45) is -4.44. The summed E-state index contributed by atoms with van der Waals surface area (Å²) >= 11 is 0. The van der Waals surface area contributed by atoms with Crippen molar-refractivity contribution in [2.24, 2.45) is 0 Å². The van der Waals surface area contributed by atoms with Gasteiger partial charge in [-0.05, 0) is 20.8 Å². The van der Waals surface area contributed by atoms with Gasteiger partial charge in [0.1, 0.15) is 6.61 Å². The van der Waals surface area contributed by atoms with Crippen LogP contribution in [0.5, 0.6) is 0 Å². The first-order valence-electron chi connectivity index (χ1n) is 3.37. The largest absolute Gasteiger partial charge is 0.416 e. The molecule has 0 saturated carbocycles. The van der Waals surface area contributed by atoms with E-state index in [1.165, 1.54) is 6.92 Å². The highest BCUT2D eigenvalue weighted by Crippen LogP contribution is 2.32. The number of hydrogen-bond donors (Lipinski definition) is 0. The van der Waals surface area contributed by atoms with E-state index < -0.39 is 24.2 Å². The molecule has 0 bridgehead atoms. The van der Waals surface area contributed by atoms with Crippen LogP contribution in [-0.4, -0.2) is 24.2 Å². The zero-order chi connectivity index (χ0) is 9.99. The fraction of sp³-hybridized carbons (Fsp3) is 0.857. The van der Waals surface area contributed by atoms with Gasteiger partial charge < -0.3 is 4.74 Å². The molecule has 0 aromatic heterocycles. The average Bonchev–Trinajstić information content (AvgIpc) is 1.81. The molecule has 0 aromatic carbocycles. The van der Waals surface area contributed by atoms with Crippen molar-refractivity contribution in [2.45, 2.75) is 32.5 Å². The molecule has 0 radical (unpaired) electrons. The second kappa shape index (κ2) is 3.43. The lowest BCUT2D eigenvalue weighted by atomic mass is 10.1. The van der Waals surface area contributed by atoms with E-state index in [4.69, 9.17) is 0 Å². The van der Waals surface area contributed by atoms with E-state index in [1.807, 2.05) is 0 Å². The van der Waals surface area contributed by atoms with Crippen molar-refractivity contribution in [1.29, 1.82) is 0 Å². The van der Waals surface area contributed by atoms with Crippen molar-refractivity contribution in [3.05, 3.63) is 0 Å². The highest BCUT2D eigenvalue weighted by molar-refractivity contribution is 5.76. The normalized spacial score (nSPS) is 13.2. The molecule has 0 heterocycles. The Morgan fingerprint density at radius 3 is 2.00 bits per heavy atom. The van der Waals surface area contributed by atoms with Gasteiger partial charge in [0.2, 0.25) is 0 Å². The number of hydrogen-bond acceptors (Lipinski definition) is 2. The Balaban J connectivity index is 4.14. The van der Waals surface area contributed by atoms with Crippen LogP contribution in [-0.2, 0) is 9.53 Å². The summed E-state index contributed by atoms with van der Waals surface area (Å²) in [5.74, 6) is -0.424. The molecule has 0 saturated heterocycles. The van der Waals surface area contributed by atoms with Crippen LogP contribution in [0.4, 0.5) is 13.2 Å². The van der Waals surface area contributed by atoms with Crippen LogP contribution in [0.2, 0.25) is 0 Å². The molecule has 0 aromatic rings. The zero-order valence-electron chi connectivity index (χ0n) is 7.16. The molecule has 0 unspecified atom stereocenters. The number of carbonyl (C=O) groups is 1. The van der Waals surface area contributed by atoms with E-state index in [-0.39, 0.29) is 0 Å². The summed E-state index contributed by atoms with van der Waals surface area (Å²) < 4.78 is 40.5. The lowest BCUT2D eigenvalue weighted by molar-refractivity contribution is -0.261. The number of alkyl halides is 3. The summed E-state index contributed by atoms with van der Waals surface area (Å²) in [4.78, 5) is 10.3. The summed E-state index contributed by atoms with van der Waals surface area (Å²) in [5, 5.41) is 0. The average molecular weight is 184 g/mol. The third kappa shape index (κ3) is 3.21. The minimum atomic E-state index is -4.44. The predicted octanol–water partition coefficient (Wildman–Crippen LogP) is 1.93. The summed E-state index contributed by atoms with van der Waals surface area (Å²) in [5.41, 5.74) is -2.25. The topological polar surface area (TPSA) is 26.3 Å². The van der Waals surface area contributed by atoms with Gasteiger partial charge in [-0.15, -0.1) is 0 Å². The number of rotatable bonds is 3. The van der Waals surface area contributed by atoms with Gasteiger partial charge in [0.25, 0.3) is 0 Å². The van der Waals surface area contributed by atoms with Crippen molar-refractivity contribution < 1.29 is 22.7 Å². The lowest BCUT2D eigenvalue weighted by Crippen LogP contribution is -2.42. The van der Waals surface area contributed by atoms with Crippen molar-refractivity contribution in [2.75, 3.05) is 6.61 Å². The van der Waals surface area contributed by atoms with Crippen LogP contribution in [0.3, 0.4) is 0 Å². The van der Waals surface area contributed by atoms with Crippen LogP contribution < -0.4 is 0 Å². The van der Waals surface area contributed by atoms with E-state index in [0.717, 1.165) is 13.8 Å². The molecule has 0 fully saturated rings. The second-order valence-corrected chi connectivity index (χ2v) is 3.00. The molecule has 0 aliphatic rings. The smallest absolute Gasteiger partial charge is 0.358 e. The van der Waals surface area contributed by atoms with Gasteiger partial charge >= 0.3 is 6.18 Å². The molecule has 72 valence electrons. The molecular weight excluding hydrogens is 173 g/mol. The number of ketones is 1. The number of Topliss-reactive ketones (excluding diaryl/α,β-unsaturated/α-hetero) is 1. The van der Waals surface area contributed by atoms with Crippen LogP contribution in [0.1, 0.15) is 20.8 Å². The van der Waals surface area contributed by atoms with E-state index in [0.29, 0.717) is 0 Å².